The van der Waals surface area contributed by atoms with Gasteiger partial charge in [-0.2, -0.15) is 13.2 Å². The van der Waals surface area contributed by atoms with Gasteiger partial charge in [-0.25, -0.2) is 4.79 Å². The number of halogens is 3. The van der Waals surface area contributed by atoms with Gasteiger partial charge in [0.1, 0.15) is 11.3 Å². The highest BCUT2D eigenvalue weighted by Crippen LogP contribution is 2.37. The van der Waals surface area contributed by atoms with Crippen LogP contribution in [-0.4, -0.2) is 29.9 Å². The lowest BCUT2D eigenvalue weighted by atomic mass is 10.0. The predicted molar refractivity (Wildman–Crippen MR) is 102 cm³/mol. The molecule has 0 saturated carbocycles. The number of unbranched alkanes of at least 4 members (excludes halogenated alkanes) is 1. The van der Waals surface area contributed by atoms with Gasteiger partial charge < -0.3 is 9.15 Å². The number of hydrogen-bond donors (Lipinski definition) is 0. The molecule has 9 heteroatoms. The van der Waals surface area contributed by atoms with E-state index in [0.717, 1.165) is 0 Å². The Balaban J connectivity index is 1.75. The summed E-state index contributed by atoms with van der Waals surface area (Å²) >= 11 is 0. The van der Waals surface area contributed by atoms with E-state index < -0.39 is 17.4 Å². The molecule has 0 N–H and O–H groups in total. The molecule has 1 aromatic heterocycles. The molecule has 1 aromatic carbocycles. The second kappa shape index (κ2) is 8.89. The molecule has 2 aromatic rings. The van der Waals surface area contributed by atoms with E-state index in [1.54, 1.807) is 0 Å². The fourth-order valence-corrected chi connectivity index (χ4v) is 3.55. The lowest BCUT2D eigenvalue weighted by Crippen LogP contribution is -2.30. The van der Waals surface area contributed by atoms with Crippen molar-refractivity contribution in [2.75, 3.05) is 13.2 Å². The Morgan fingerprint density at radius 3 is 2.43 bits per heavy atom. The van der Waals surface area contributed by atoms with Crippen molar-refractivity contribution in [1.82, 2.24) is 4.90 Å². The standard InChI is InChI=1S/C21H22F3NO5/c1-2-5-14-16(29-11-4-3-10-25-17(26)8-9-18(25)27)7-6-13-15(21(22,23)24)12-19(28)30-20(13)14/h6-7,12H,2-5,8-11H2,1H3. The molecular weight excluding hydrogens is 403 g/mol. The Kier molecular flexibility index (Phi) is 6.48. The molecule has 0 bridgehead atoms. The van der Waals surface area contributed by atoms with Crippen molar-refractivity contribution in [1.29, 1.82) is 0 Å². The van der Waals surface area contributed by atoms with E-state index in [2.05, 4.69) is 0 Å². The molecule has 6 nitrogen and oxygen atoms in total. The first-order chi connectivity index (χ1) is 14.2. The summed E-state index contributed by atoms with van der Waals surface area (Å²) < 4.78 is 50.8. The minimum atomic E-state index is -4.68. The fraction of sp³-hybridized carbons (Fsp3) is 0.476. The topological polar surface area (TPSA) is 76.8 Å². The van der Waals surface area contributed by atoms with Gasteiger partial charge in [-0.3, -0.25) is 14.5 Å². The number of imide groups is 1. The zero-order valence-corrected chi connectivity index (χ0v) is 16.5. The summed E-state index contributed by atoms with van der Waals surface area (Å²) in [5, 5.41) is -0.177. The minimum absolute atomic E-state index is 0.109. The average molecular weight is 425 g/mol. The van der Waals surface area contributed by atoms with Crippen molar-refractivity contribution in [3.63, 3.8) is 0 Å². The number of aryl methyl sites for hydroxylation is 1. The number of alkyl halides is 3. The number of fused-ring (bicyclic) bond motifs is 1. The first-order valence-corrected chi connectivity index (χ1v) is 9.85. The summed E-state index contributed by atoms with van der Waals surface area (Å²) in [7, 11) is 0. The van der Waals surface area contributed by atoms with Crippen molar-refractivity contribution >= 4 is 22.8 Å². The summed E-state index contributed by atoms with van der Waals surface area (Å²) in [6, 6.07) is 3.16. The third kappa shape index (κ3) is 4.66. The maximum absolute atomic E-state index is 13.3. The summed E-state index contributed by atoms with van der Waals surface area (Å²) in [6.07, 6.45) is -2.07. The lowest BCUT2D eigenvalue weighted by molar-refractivity contribution is -0.138. The second-order valence-corrected chi connectivity index (χ2v) is 7.14. The van der Waals surface area contributed by atoms with Crippen LogP contribution < -0.4 is 10.4 Å². The van der Waals surface area contributed by atoms with Gasteiger partial charge in [0.05, 0.1) is 12.2 Å². The van der Waals surface area contributed by atoms with Gasteiger partial charge in [0.15, 0.2) is 0 Å². The molecule has 2 heterocycles. The van der Waals surface area contributed by atoms with Crippen molar-refractivity contribution in [3.8, 4) is 5.75 Å². The lowest BCUT2D eigenvalue weighted by Gasteiger charge is -2.16. The van der Waals surface area contributed by atoms with Gasteiger partial charge in [0, 0.05) is 36.4 Å². The van der Waals surface area contributed by atoms with E-state index in [4.69, 9.17) is 9.15 Å². The quantitative estimate of drug-likeness (QED) is 0.362. The first-order valence-electron chi connectivity index (χ1n) is 9.85. The van der Waals surface area contributed by atoms with Gasteiger partial charge in [-0.1, -0.05) is 13.3 Å². The maximum atomic E-state index is 13.3. The van der Waals surface area contributed by atoms with Crippen LogP contribution in [0, 0.1) is 0 Å². The van der Waals surface area contributed by atoms with Gasteiger partial charge in [0.2, 0.25) is 11.8 Å². The number of rotatable bonds is 8. The van der Waals surface area contributed by atoms with Crippen LogP contribution in [0.3, 0.4) is 0 Å². The highest BCUT2D eigenvalue weighted by molar-refractivity contribution is 6.01. The monoisotopic (exact) mass is 425 g/mol. The molecule has 0 spiro atoms. The molecule has 1 saturated heterocycles. The Hall–Kier alpha value is -2.84. The average Bonchev–Trinajstić information content (AvgIpc) is 3.00. The van der Waals surface area contributed by atoms with Crippen molar-refractivity contribution < 1.29 is 31.9 Å². The van der Waals surface area contributed by atoms with Gasteiger partial charge >= 0.3 is 11.8 Å². The van der Waals surface area contributed by atoms with Gasteiger partial charge in [-0.05, 0) is 31.4 Å². The second-order valence-electron chi connectivity index (χ2n) is 7.14. The molecule has 162 valence electrons. The number of nitrogens with zero attached hydrogens (tertiary/aromatic N) is 1. The molecule has 30 heavy (non-hydrogen) atoms. The Bertz CT molecular complexity index is 996. The Morgan fingerprint density at radius 1 is 1.10 bits per heavy atom. The third-order valence-electron chi connectivity index (χ3n) is 4.97. The minimum Gasteiger partial charge on any atom is -0.493 e. The summed E-state index contributed by atoms with van der Waals surface area (Å²) in [5.41, 5.74) is -1.78. The molecule has 0 aliphatic carbocycles. The van der Waals surface area contributed by atoms with Crippen molar-refractivity contribution in [2.24, 2.45) is 0 Å². The van der Waals surface area contributed by atoms with E-state index in [-0.39, 0.29) is 42.2 Å². The maximum Gasteiger partial charge on any atom is 0.417 e. The Morgan fingerprint density at radius 2 is 1.80 bits per heavy atom. The molecular formula is C21H22F3NO5. The number of amides is 2. The Labute approximate surface area is 170 Å². The van der Waals surface area contributed by atoms with Crippen LogP contribution in [0.4, 0.5) is 13.2 Å². The smallest absolute Gasteiger partial charge is 0.417 e. The van der Waals surface area contributed by atoms with E-state index >= 15 is 0 Å². The number of carbonyl (C=O) groups is 2. The zero-order valence-electron chi connectivity index (χ0n) is 16.5. The van der Waals surface area contributed by atoms with Crippen LogP contribution in [0.25, 0.3) is 11.0 Å². The van der Waals surface area contributed by atoms with E-state index in [9.17, 15) is 27.6 Å². The van der Waals surface area contributed by atoms with Gasteiger partial charge in [-0.15, -0.1) is 0 Å². The summed E-state index contributed by atoms with van der Waals surface area (Å²) in [5.74, 6) is 0.0208. The van der Waals surface area contributed by atoms with E-state index in [1.165, 1.54) is 17.0 Å². The van der Waals surface area contributed by atoms with Crippen LogP contribution >= 0.6 is 0 Å². The van der Waals surface area contributed by atoms with E-state index in [1.807, 2.05) is 6.92 Å². The number of hydrogen-bond acceptors (Lipinski definition) is 5. The number of likely N-dealkylation sites (tertiary alicyclic amines) is 1. The molecule has 0 atom stereocenters. The van der Waals surface area contributed by atoms with Gasteiger partial charge in [0.25, 0.3) is 0 Å². The summed E-state index contributed by atoms with van der Waals surface area (Å²) in [4.78, 5) is 36.2. The summed E-state index contributed by atoms with van der Waals surface area (Å²) in [6.45, 7) is 2.43. The highest BCUT2D eigenvalue weighted by Gasteiger charge is 2.34. The van der Waals surface area contributed by atoms with Crippen molar-refractivity contribution in [2.45, 2.75) is 51.6 Å². The van der Waals surface area contributed by atoms with E-state index in [0.29, 0.717) is 49.6 Å². The molecule has 3 rings (SSSR count). The SMILES string of the molecule is CCCc1c(OCCCCN2C(=O)CCC2=O)ccc2c(C(F)(F)F)cc(=O)oc12. The first kappa shape index (κ1) is 21.9. The number of carbonyl (C=O) groups excluding carboxylic acids is 2. The largest absolute Gasteiger partial charge is 0.493 e. The predicted octanol–water partition coefficient (Wildman–Crippen LogP) is 4.07. The van der Waals surface area contributed by atoms with Crippen LogP contribution in [0.2, 0.25) is 0 Å². The third-order valence-corrected chi connectivity index (χ3v) is 4.97. The van der Waals surface area contributed by atoms with Crippen molar-refractivity contribution in [3.05, 3.63) is 39.7 Å². The molecule has 1 fully saturated rings. The molecule has 2 amide bonds. The molecule has 0 unspecified atom stereocenters. The normalized spacial score (nSPS) is 14.7. The zero-order chi connectivity index (χ0) is 21.9. The molecule has 0 radical (unpaired) electrons. The number of benzene rings is 1. The molecule has 1 aliphatic rings. The number of ether oxygens (including phenoxy) is 1. The fourth-order valence-electron chi connectivity index (χ4n) is 3.55. The van der Waals surface area contributed by atoms with Crippen LogP contribution in [0.1, 0.15) is 50.2 Å². The van der Waals surface area contributed by atoms with Crippen LogP contribution in [-0.2, 0) is 22.2 Å². The van der Waals surface area contributed by atoms with Crippen LogP contribution in [0.5, 0.6) is 5.75 Å². The molecule has 1 aliphatic heterocycles. The van der Waals surface area contributed by atoms with Crippen LogP contribution in [0.15, 0.2) is 27.4 Å². The highest BCUT2D eigenvalue weighted by atomic mass is 19.4.